The van der Waals surface area contributed by atoms with Crippen molar-refractivity contribution in [3.63, 3.8) is 0 Å². The summed E-state index contributed by atoms with van der Waals surface area (Å²) < 4.78 is 0. The van der Waals surface area contributed by atoms with Gasteiger partial charge in [0.15, 0.2) is 0 Å². The second-order valence-electron chi connectivity index (χ2n) is 3.27. The Morgan fingerprint density at radius 2 is 1.80 bits per heavy atom. The molecule has 0 bridgehead atoms. The molecule has 2 rings (SSSR count). The smallest absolute Gasteiger partial charge is 0.321 e. The van der Waals surface area contributed by atoms with E-state index in [1.54, 1.807) is 0 Å². The van der Waals surface area contributed by atoms with Crippen molar-refractivity contribution in [3.05, 3.63) is 48.0 Å². The molecule has 0 spiro atoms. The predicted octanol–water partition coefficient (Wildman–Crippen LogP) is 3.36. The van der Waals surface area contributed by atoms with Crippen LogP contribution in [-0.2, 0) is 4.79 Å². The molecule has 0 fully saturated rings. The van der Waals surface area contributed by atoms with Crippen LogP contribution in [0, 0.1) is 0 Å². The van der Waals surface area contributed by atoms with Crippen LogP contribution in [0.1, 0.15) is 10.4 Å². The van der Waals surface area contributed by atoms with Gasteiger partial charge in [0.25, 0.3) is 0 Å². The summed E-state index contributed by atoms with van der Waals surface area (Å²) in [6.45, 7) is 0. The molecule has 0 aliphatic rings. The van der Waals surface area contributed by atoms with E-state index in [4.69, 9.17) is 5.11 Å². The van der Waals surface area contributed by atoms with Crippen molar-refractivity contribution in [2.24, 2.45) is 0 Å². The van der Waals surface area contributed by atoms with Gasteiger partial charge in [-0.2, -0.15) is 0 Å². The van der Waals surface area contributed by atoms with E-state index in [9.17, 15) is 4.79 Å². The molecule has 3 heteroatoms. The largest absolute Gasteiger partial charge is 0.480 e. The van der Waals surface area contributed by atoms with E-state index >= 15 is 0 Å². The monoisotopic (exact) mass is 264 g/mol. The maximum atomic E-state index is 10.9. The molecule has 0 amide bonds. The first-order chi connectivity index (χ1) is 7.20. The Labute approximate surface area is 95.7 Å². The zero-order valence-electron chi connectivity index (χ0n) is 7.85. The number of rotatable bonds is 2. The molecule has 0 heterocycles. The standard InChI is InChI=1S/C12H9BrO2/c13-11(12(14)15)10-7-3-5-8-4-1-2-6-9(8)10/h1-7,11H,(H,14,15)/t11-/m0/s1. The van der Waals surface area contributed by atoms with Crippen molar-refractivity contribution in [3.8, 4) is 0 Å². The Balaban J connectivity index is 2.65. The first-order valence-electron chi connectivity index (χ1n) is 4.54. The highest BCUT2D eigenvalue weighted by Gasteiger charge is 2.17. The lowest BCUT2D eigenvalue weighted by molar-refractivity contribution is -0.136. The Kier molecular flexibility index (Phi) is 2.73. The molecule has 0 radical (unpaired) electrons. The van der Waals surface area contributed by atoms with E-state index < -0.39 is 10.8 Å². The summed E-state index contributed by atoms with van der Waals surface area (Å²) in [5.41, 5.74) is 0.792. The molecule has 15 heavy (non-hydrogen) atoms. The molecule has 1 N–H and O–H groups in total. The van der Waals surface area contributed by atoms with Crippen LogP contribution in [0.4, 0.5) is 0 Å². The van der Waals surface area contributed by atoms with Crippen LogP contribution in [0.5, 0.6) is 0 Å². The van der Waals surface area contributed by atoms with Crippen LogP contribution in [-0.4, -0.2) is 11.1 Å². The third kappa shape index (κ3) is 1.88. The Morgan fingerprint density at radius 1 is 1.13 bits per heavy atom. The average molecular weight is 265 g/mol. The summed E-state index contributed by atoms with van der Waals surface area (Å²) in [6.07, 6.45) is 0. The number of aliphatic carboxylic acids is 1. The maximum absolute atomic E-state index is 10.9. The maximum Gasteiger partial charge on any atom is 0.321 e. The molecule has 0 aliphatic heterocycles. The molecule has 2 nitrogen and oxygen atoms in total. The van der Waals surface area contributed by atoms with Gasteiger partial charge in [0.05, 0.1) is 0 Å². The third-order valence-corrected chi connectivity index (χ3v) is 3.20. The van der Waals surface area contributed by atoms with Gasteiger partial charge in [-0.1, -0.05) is 58.4 Å². The molecule has 76 valence electrons. The minimum absolute atomic E-state index is 0.649. The fourth-order valence-corrected chi connectivity index (χ4v) is 2.00. The van der Waals surface area contributed by atoms with Gasteiger partial charge in [0.1, 0.15) is 4.83 Å². The van der Waals surface area contributed by atoms with E-state index in [1.165, 1.54) is 0 Å². The summed E-state index contributed by atoms with van der Waals surface area (Å²) >= 11 is 3.17. The first-order valence-corrected chi connectivity index (χ1v) is 5.46. The molecule has 0 saturated carbocycles. The second-order valence-corrected chi connectivity index (χ2v) is 4.18. The Hall–Kier alpha value is -1.35. The molecule has 0 aliphatic carbocycles. The molecule has 0 saturated heterocycles. The van der Waals surface area contributed by atoms with E-state index in [2.05, 4.69) is 15.9 Å². The zero-order chi connectivity index (χ0) is 10.8. The molecule has 2 aromatic carbocycles. The number of benzene rings is 2. The Morgan fingerprint density at radius 3 is 2.53 bits per heavy atom. The van der Waals surface area contributed by atoms with Crippen LogP contribution >= 0.6 is 15.9 Å². The quantitative estimate of drug-likeness (QED) is 0.845. The van der Waals surface area contributed by atoms with Crippen molar-refractivity contribution in [2.75, 3.05) is 0 Å². The molecule has 0 unspecified atom stereocenters. The van der Waals surface area contributed by atoms with E-state index in [-0.39, 0.29) is 0 Å². The highest BCUT2D eigenvalue weighted by Crippen LogP contribution is 2.29. The van der Waals surface area contributed by atoms with Gasteiger partial charge in [-0.3, -0.25) is 4.79 Å². The van der Waals surface area contributed by atoms with Gasteiger partial charge in [-0.25, -0.2) is 0 Å². The van der Waals surface area contributed by atoms with Gasteiger partial charge in [-0.15, -0.1) is 0 Å². The van der Waals surface area contributed by atoms with Crippen molar-refractivity contribution >= 4 is 32.7 Å². The summed E-state index contributed by atoms with van der Waals surface area (Å²) in [5, 5.41) is 11.0. The van der Waals surface area contributed by atoms with Gasteiger partial charge in [-0.05, 0) is 16.3 Å². The van der Waals surface area contributed by atoms with Crippen LogP contribution in [0.15, 0.2) is 42.5 Å². The fraction of sp³-hybridized carbons (Fsp3) is 0.0833. The van der Waals surface area contributed by atoms with Crippen molar-refractivity contribution in [2.45, 2.75) is 4.83 Å². The topological polar surface area (TPSA) is 37.3 Å². The van der Waals surface area contributed by atoms with Crippen LogP contribution < -0.4 is 0 Å². The van der Waals surface area contributed by atoms with Gasteiger partial charge in [0, 0.05) is 0 Å². The number of hydrogen-bond donors (Lipinski definition) is 1. The summed E-state index contributed by atoms with van der Waals surface area (Å²) in [6, 6.07) is 13.4. The summed E-state index contributed by atoms with van der Waals surface area (Å²) in [7, 11) is 0. The second kappa shape index (κ2) is 4.03. The molecular weight excluding hydrogens is 256 g/mol. The molecule has 1 atom stereocenters. The number of alkyl halides is 1. The lowest BCUT2D eigenvalue weighted by Gasteiger charge is -2.08. The summed E-state index contributed by atoms with van der Waals surface area (Å²) in [4.78, 5) is 10.2. The van der Waals surface area contributed by atoms with Gasteiger partial charge in [0.2, 0.25) is 0 Å². The van der Waals surface area contributed by atoms with E-state index in [1.807, 2.05) is 42.5 Å². The number of hydrogen-bond acceptors (Lipinski definition) is 1. The molecule has 2 aromatic rings. The minimum Gasteiger partial charge on any atom is -0.480 e. The third-order valence-electron chi connectivity index (χ3n) is 2.31. The fourth-order valence-electron chi connectivity index (χ4n) is 1.60. The lowest BCUT2D eigenvalue weighted by Crippen LogP contribution is -2.04. The van der Waals surface area contributed by atoms with E-state index in [0.29, 0.717) is 0 Å². The highest BCUT2D eigenvalue weighted by molar-refractivity contribution is 9.09. The SMILES string of the molecule is O=C(O)[C@@H](Br)c1cccc2ccccc12. The number of carbonyl (C=O) groups is 1. The Bertz CT molecular complexity index is 502. The number of halogens is 1. The summed E-state index contributed by atoms with van der Waals surface area (Å²) in [5.74, 6) is -0.869. The molecule has 0 aromatic heterocycles. The zero-order valence-corrected chi connectivity index (χ0v) is 9.44. The first kappa shape index (κ1) is 10.2. The average Bonchev–Trinajstić information content (AvgIpc) is 2.27. The number of fused-ring (bicyclic) bond motifs is 1. The van der Waals surface area contributed by atoms with Crippen LogP contribution in [0.3, 0.4) is 0 Å². The lowest BCUT2D eigenvalue weighted by atomic mass is 10.0. The van der Waals surface area contributed by atoms with Crippen molar-refractivity contribution < 1.29 is 9.90 Å². The number of carboxylic acid groups (broad SMARTS) is 1. The van der Waals surface area contributed by atoms with Crippen LogP contribution in [0.2, 0.25) is 0 Å². The normalized spacial score (nSPS) is 12.6. The number of carboxylic acids is 1. The predicted molar refractivity (Wildman–Crippen MR) is 63.3 cm³/mol. The van der Waals surface area contributed by atoms with Gasteiger partial charge < -0.3 is 5.11 Å². The van der Waals surface area contributed by atoms with Crippen molar-refractivity contribution in [1.82, 2.24) is 0 Å². The van der Waals surface area contributed by atoms with E-state index in [0.717, 1.165) is 16.3 Å². The minimum atomic E-state index is -0.869. The van der Waals surface area contributed by atoms with Crippen molar-refractivity contribution in [1.29, 1.82) is 0 Å². The highest BCUT2D eigenvalue weighted by atomic mass is 79.9. The van der Waals surface area contributed by atoms with Gasteiger partial charge >= 0.3 is 5.97 Å². The molecular formula is C12H9BrO2. The van der Waals surface area contributed by atoms with Crippen LogP contribution in [0.25, 0.3) is 10.8 Å².